The lowest BCUT2D eigenvalue weighted by atomic mass is 10.1. The summed E-state index contributed by atoms with van der Waals surface area (Å²) >= 11 is 1.39. The van der Waals surface area contributed by atoms with Gasteiger partial charge in [0.25, 0.3) is 5.91 Å². The SMILES string of the molecule is NNC(=O)c1ccc(COCCCc2ccncc2)s1. The van der Waals surface area contributed by atoms with Crippen LogP contribution in [0.2, 0.25) is 0 Å². The second kappa shape index (κ2) is 7.74. The summed E-state index contributed by atoms with van der Waals surface area (Å²) in [5.74, 6) is 4.81. The van der Waals surface area contributed by atoms with Crippen LogP contribution in [0.15, 0.2) is 36.7 Å². The van der Waals surface area contributed by atoms with Crippen molar-refractivity contribution >= 4 is 17.2 Å². The maximum Gasteiger partial charge on any atom is 0.275 e. The highest BCUT2D eigenvalue weighted by molar-refractivity contribution is 7.14. The molecule has 0 aromatic carbocycles. The lowest BCUT2D eigenvalue weighted by molar-refractivity contribution is 0.0957. The minimum Gasteiger partial charge on any atom is -0.376 e. The van der Waals surface area contributed by atoms with Crippen LogP contribution < -0.4 is 11.3 Å². The molecule has 0 bridgehead atoms. The standard InChI is InChI=1S/C14H17N3O2S/c15-17-14(18)13-4-3-12(20-13)10-19-9-1-2-11-5-7-16-8-6-11/h3-8H,1-2,9-10,15H2,(H,17,18). The van der Waals surface area contributed by atoms with E-state index in [4.69, 9.17) is 10.6 Å². The van der Waals surface area contributed by atoms with Gasteiger partial charge in [-0.05, 0) is 42.7 Å². The summed E-state index contributed by atoms with van der Waals surface area (Å²) in [5, 5.41) is 0. The van der Waals surface area contributed by atoms with Crippen LogP contribution in [0.3, 0.4) is 0 Å². The lowest BCUT2D eigenvalue weighted by Crippen LogP contribution is -2.29. The van der Waals surface area contributed by atoms with Crippen LogP contribution in [0.4, 0.5) is 0 Å². The predicted molar refractivity (Wildman–Crippen MR) is 78.2 cm³/mol. The summed E-state index contributed by atoms with van der Waals surface area (Å²) in [4.78, 5) is 16.9. The third-order valence-electron chi connectivity index (χ3n) is 2.76. The van der Waals surface area contributed by atoms with Gasteiger partial charge in [0, 0.05) is 23.9 Å². The molecule has 1 amide bonds. The van der Waals surface area contributed by atoms with E-state index in [9.17, 15) is 4.79 Å². The van der Waals surface area contributed by atoms with E-state index in [-0.39, 0.29) is 5.91 Å². The number of carbonyl (C=O) groups is 1. The number of nitrogens with one attached hydrogen (secondary N) is 1. The summed E-state index contributed by atoms with van der Waals surface area (Å²) in [5.41, 5.74) is 3.38. The van der Waals surface area contributed by atoms with Gasteiger partial charge in [-0.1, -0.05) is 0 Å². The van der Waals surface area contributed by atoms with Crippen molar-refractivity contribution in [2.24, 2.45) is 5.84 Å². The van der Waals surface area contributed by atoms with E-state index in [1.807, 2.05) is 18.2 Å². The predicted octanol–water partition coefficient (Wildman–Crippen LogP) is 1.90. The van der Waals surface area contributed by atoms with Gasteiger partial charge in [0.1, 0.15) is 0 Å². The molecule has 2 rings (SSSR count). The third-order valence-corrected chi connectivity index (χ3v) is 3.82. The maximum absolute atomic E-state index is 11.3. The highest BCUT2D eigenvalue weighted by Gasteiger charge is 2.07. The number of nitrogens with two attached hydrogens (primary N) is 1. The number of hydrogen-bond acceptors (Lipinski definition) is 5. The van der Waals surface area contributed by atoms with Crippen molar-refractivity contribution in [3.05, 3.63) is 52.0 Å². The van der Waals surface area contributed by atoms with Crippen LogP contribution in [-0.2, 0) is 17.8 Å². The first-order valence-electron chi connectivity index (χ1n) is 6.36. The molecule has 0 radical (unpaired) electrons. The second-order valence-corrected chi connectivity index (χ2v) is 5.42. The number of hydrogen-bond donors (Lipinski definition) is 2. The Hall–Kier alpha value is -1.76. The quantitative estimate of drug-likeness (QED) is 0.353. The van der Waals surface area contributed by atoms with Crippen molar-refractivity contribution in [3.8, 4) is 0 Å². The average molecular weight is 291 g/mol. The molecule has 3 N–H and O–H groups in total. The minimum atomic E-state index is -0.265. The maximum atomic E-state index is 11.3. The Morgan fingerprint density at radius 1 is 1.30 bits per heavy atom. The van der Waals surface area contributed by atoms with E-state index in [1.54, 1.807) is 18.5 Å². The molecule has 0 saturated heterocycles. The molecule has 0 atom stereocenters. The number of aromatic nitrogens is 1. The number of rotatable bonds is 7. The second-order valence-electron chi connectivity index (χ2n) is 4.25. The summed E-state index contributed by atoms with van der Waals surface area (Å²) in [6.07, 6.45) is 5.54. The first-order valence-corrected chi connectivity index (χ1v) is 7.17. The average Bonchev–Trinajstić information content (AvgIpc) is 2.96. The number of ether oxygens (including phenoxy) is 1. The number of nitrogen functional groups attached to an aromatic ring is 1. The number of hydrazine groups is 1. The smallest absolute Gasteiger partial charge is 0.275 e. The number of aryl methyl sites for hydroxylation is 1. The van der Waals surface area contributed by atoms with E-state index in [0.29, 0.717) is 18.1 Å². The van der Waals surface area contributed by atoms with E-state index in [2.05, 4.69) is 10.4 Å². The van der Waals surface area contributed by atoms with E-state index in [1.165, 1.54) is 16.9 Å². The number of amides is 1. The molecule has 2 aromatic rings. The van der Waals surface area contributed by atoms with Gasteiger partial charge in [0.05, 0.1) is 11.5 Å². The molecule has 106 valence electrons. The number of thiophene rings is 1. The zero-order chi connectivity index (χ0) is 14.2. The Bertz CT molecular complexity index is 542. The Morgan fingerprint density at radius 3 is 2.85 bits per heavy atom. The molecule has 0 saturated carbocycles. The molecule has 0 spiro atoms. The molecule has 6 heteroatoms. The van der Waals surface area contributed by atoms with Crippen molar-refractivity contribution in [2.45, 2.75) is 19.4 Å². The van der Waals surface area contributed by atoms with E-state index < -0.39 is 0 Å². The molecular weight excluding hydrogens is 274 g/mol. The fourth-order valence-electron chi connectivity index (χ4n) is 1.75. The van der Waals surface area contributed by atoms with Gasteiger partial charge in [-0.15, -0.1) is 11.3 Å². The Morgan fingerprint density at radius 2 is 2.10 bits per heavy atom. The molecule has 0 aliphatic rings. The molecular formula is C14H17N3O2S. The molecule has 0 aliphatic carbocycles. The first-order chi connectivity index (χ1) is 9.79. The fourth-order valence-corrected chi connectivity index (χ4v) is 2.60. The third kappa shape index (κ3) is 4.41. The minimum absolute atomic E-state index is 0.265. The monoisotopic (exact) mass is 291 g/mol. The van der Waals surface area contributed by atoms with Crippen molar-refractivity contribution in [1.29, 1.82) is 0 Å². The molecule has 20 heavy (non-hydrogen) atoms. The van der Waals surface area contributed by atoms with Crippen LogP contribution in [-0.4, -0.2) is 17.5 Å². The molecule has 5 nitrogen and oxygen atoms in total. The van der Waals surface area contributed by atoms with Crippen molar-refractivity contribution in [3.63, 3.8) is 0 Å². The van der Waals surface area contributed by atoms with Gasteiger partial charge in [0.15, 0.2) is 0 Å². The van der Waals surface area contributed by atoms with Crippen molar-refractivity contribution in [2.75, 3.05) is 6.61 Å². The Balaban J connectivity index is 1.66. The van der Waals surface area contributed by atoms with E-state index >= 15 is 0 Å². The van der Waals surface area contributed by atoms with Gasteiger partial charge in [-0.25, -0.2) is 5.84 Å². The van der Waals surface area contributed by atoms with Crippen molar-refractivity contribution in [1.82, 2.24) is 10.4 Å². The molecule has 0 unspecified atom stereocenters. The van der Waals surface area contributed by atoms with Gasteiger partial charge in [-0.2, -0.15) is 0 Å². The zero-order valence-electron chi connectivity index (χ0n) is 11.0. The van der Waals surface area contributed by atoms with Gasteiger partial charge >= 0.3 is 0 Å². The number of carbonyl (C=O) groups excluding carboxylic acids is 1. The Kier molecular flexibility index (Phi) is 5.67. The van der Waals surface area contributed by atoms with Gasteiger partial charge in [-0.3, -0.25) is 15.2 Å². The fraction of sp³-hybridized carbons (Fsp3) is 0.286. The molecule has 2 heterocycles. The van der Waals surface area contributed by atoms with E-state index in [0.717, 1.165) is 17.7 Å². The summed E-state index contributed by atoms with van der Waals surface area (Å²) in [7, 11) is 0. The lowest BCUT2D eigenvalue weighted by Gasteiger charge is -2.03. The van der Waals surface area contributed by atoms with Crippen LogP contribution in [0.5, 0.6) is 0 Å². The van der Waals surface area contributed by atoms with Crippen LogP contribution in [0.1, 0.15) is 26.5 Å². The van der Waals surface area contributed by atoms with Crippen molar-refractivity contribution < 1.29 is 9.53 Å². The molecule has 0 fully saturated rings. The zero-order valence-corrected chi connectivity index (χ0v) is 11.9. The van der Waals surface area contributed by atoms with Crippen LogP contribution in [0.25, 0.3) is 0 Å². The molecule has 2 aromatic heterocycles. The number of nitrogens with zero attached hydrogens (tertiary/aromatic N) is 1. The largest absolute Gasteiger partial charge is 0.376 e. The highest BCUT2D eigenvalue weighted by Crippen LogP contribution is 2.17. The summed E-state index contributed by atoms with van der Waals surface area (Å²) in [6.45, 7) is 1.22. The highest BCUT2D eigenvalue weighted by atomic mass is 32.1. The van der Waals surface area contributed by atoms with Crippen LogP contribution in [0, 0.1) is 0 Å². The topological polar surface area (TPSA) is 77.2 Å². The van der Waals surface area contributed by atoms with Gasteiger partial charge < -0.3 is 4.74 Å². The number of pyridine rings is 1. The van der Waals surface area contributed by atoms with Crippen LogP contribution >= 0.6 is 11.3 Å². The summed E-state index contributed by atoms with van der Waals surface area (Å²) in [6, 6.07) is 7.66. The first kappa shape index (κ1) is 14.6. The van der Waals surface area contributed by atoms with Gasteiger partial charge in [0.2, 0.25) is 0 Å². The molecule has 0 aliphatic heterocycles. The summed E-state index contributed by atoms with van der Waals surface area (Å²) < 4.78 is 5.60. The normalized spacial score (nSPS) is 10.4. The Labute approximate surface area is 121 Å².